The van der Waals surface area contributed by atoms with Crippen LogP contribution >= 0.6 is 33.0 Å². The first kappa shape index (κ1) is 17.0. The van der Waals surface area contributed by atoms with E-state index in [4.69, 9.17) is 20.9 Å². The Labute approximate surface area is 150 Å². The van der Waals surface area contributed by atoms with Gasteiger partial charge in [0, 0.05) is 9.72 Å². The van der Waals surface area contributed by atoms with E-state index in [0.717, 1.165) is 29.5 Å². The van der Waals surface area contributed by atoms with Crippen molar-refractivity contribution in [2.75, 3.05) is 0 Å². The molecule has 1 aliphatic heterocycles. The van der Waals surface area contributed by atoms with Gasteiger partial charge in [-0.3, -0.25) is 0 Å². The van der Waals surface area contributed by atoms with Crippen molar-refractivity contribution in [3.05, 3.63) is 40.9 Å². The average molecular weight is 419 g/mol. The zero-order valence-corrected chi connectivity index (χ0v) is 16.9. The van der Waals surface area contributed by atoms with Crippen LogP contribution in [0.25, 0.3) is 0 Å². The zero-order valence-electron chi connectivity index (χ0n) is 12.8. The Morgan fingerprint density at radius 1 is 1.50 bits per heavy atom. The molecule has 1 saturated heterocycles. The molecule has 2 aliphatic rings. The number of benzene rings is 1. The Morgan fingerprint density at radius 3 is 2.82 bits per heavy atom. The fourth-order valence-electron chi connectivity index (χ4n) is 3.05. The smallest absolute Gasteiger partial charge is 0.298 e. The second-order valence-corrected chi connectivity index (χ2v) is 13.5. The van der Waals surface area contributed by atoms with Crippen molar-refractivity contribution in [1.29, 1.82) is 0 Å². The molecule has 4 atom stereocenters. The van der Waals surface area contributed by atoms with E-state index in [2.05, 4.69) is 36.4 Å². The first-order valence-electron chi connectivity index (χ1n) is 7.39. The molecule has 1 aromatic rings. The largest absolute Gasteiger partial charge is 0.436 e. The molecule has 1 aromatic carbocycles. The van der Waals surface area contributed by atoms with Crippen molar-refractivity contribution in [2.24, 2.45) is 5.92 Å². The average Bonchev–Trinajstić information content (AvgIpc) is 2.70. The fourth-order valence-corrected chi connectivity index (χ4v) is 10.2. The Bertz CT molecular complexity index is 634. The summed E-state index contributed by atoms with van der Waals surface area (Å²) in [6.07, 6.45) is 3.26. The van der Waals surface area contributed by atoms with Crippen LogP contribution in [0.1, 0.15) is 33.1 Å². The molecule has 1 aliphatic carbocycles. The van der Waals surface area contributed by atoms with Crippen LogP contribution in [0.2, 0.25) is 0 Å². The van der Waals surface area contributed by atoms with Gasteiger partial charge in [-0.1, -0.05) is 39.5 Å². The van der Waals surface area contributed by atoms with Crippen molar-refractivity contribution < 1.29 is 9.05 Å². The quantitative estimate of drug-likeness (QED) is 0.422. The van der Waals surface area contributed by atoms with Gasteiger partial charge in [0.2, 0.25) is 0 Å². The molecule has 0 N–H and O–H groups in total. The van der Waals surface area contributed by atoms with Crippen molar-refractivity contribution in [2.45, 2.75) is 44.0 Å². The predicted octanol–water partition coefficient (Wildman–Crippen LogP) is 6.32. The van der Waals surface area contributed by atoms with Gasteiger partial charge >= 0.3 is 0 Å². The molecule has 1 heterocycles. The zero-order chi connectivity index (χ0) is 16.0. The van der Waals surface area contributed by atoms with Crippen LogP contribution in [0.3, 0.4) is 0 Å². The van der Waals surface area contributed by atoms with Crippen LogP contribution in [-0.2, 0) is 16.3 Å². The summed E-state index contributed by atoms with van der Waals surface area (Å²) in [5, 5.41) is 0.407. The summed E-state index contributed by atoms with van der Waals surface area (Å²) >= 11 is 10.9. The number of halogens is 1. The minimum atomic E-state index is -2.33. The Morgan fingerprint density at radius 2 is 2.18 bits per heavy atom. The normalized spacial score (nSPS) is 37.6. The molecule has 0 spiro atoms. The highest BCUT2D eigenvalue weighted by atomic mass is 79.9. The first-order valence-corrected chi connectivity index (χ1v) is 12.3. The van der Waals surface area contributed by atoms with Gasteiger partial charge in [0.25, 0.3) is 5.69 Å². The third-order valence-electron chi connectivity index (χ3n) is 4.47. The number of allylic oxidation sites excluding steroid dienone is 1. The van der Waals surface area contributed by atoms with E-state index in [9.17, 15) is 0 Å². The second-order valence-electron chi connectivity index (χ2n) is 6.31. The lowest BCUT2D eigenvalue weighted by Gasteiger charge is -2.37. The van der Waals surface area contributed by atoms with Crippen molar-refractivity contribution in [1.82, 2.24) is 0 Å². The van der Waals surface area contributed by atoms with Crippen LogP contribution in [0.5, 0.6) is 5.75 Å². The lowest BCUT2D eigenvalue weighted by molar-refractivity contribution is 0.0598. The summed E-state index contributed by atoms with van der Waals surface area (Å²) in [5.74, 6) is 1.38. The maximum Gasteiger partial charge on any atom is 0.298 e. The lowest BCUT2D eigenvalue weighted by Crippen LogP contribution is -2.40. The molecular formula is C16H20BrO2PS2. The molecule has 3 rings (SSSR count). The predicted molar refractivity (Wildman–Crippen MR) is 102 cm³/mol. The Kier molecular flexibility index (Phi) is 4.84. The highest BCUT2D eigenvalue weighted by Gasteiger charge is 2.53. The molecule has 0 amide bonds. The van der Waals surface area contributed by atoms with Crippen LogP contribution in [0.15, 0.2) is 40.9 Å². The van der Waals surface area contributed by atoms with Crippen molar-refractivity contribution in [3.8, 4) is 5.75 Å². The SMILES string of the molecule is C=C(C)[C@@H]1CC[C@@]2(C)O[P@](=S)(Oc3ccc(Br)cc3)S[C@@H]2C1. The molecule has 0 unspecified atom stereocenters. The van der Waals surface area contributed by atoms with Crippen LogP contribution in [0.4, 0.5) is 0 Å². The first-order chi connectivity index (χ1) is 10.3. The van der Waals surface area contributed by atoms with Crippen LogP contribution in [0, 0.1) is 5.92 Å². The summed E-state index contributed by atoms with van der Waals surface area (Å²) in [6.45, 7) is 8.45. The van der Waals surface area contributed by atoms with E-state index in [-0.39, 0.29) is 5.60 Å². The third kappa shape index (κ3) is 3.49. The summed E-state index contributed by atoms with van der Waals surface area (Å²) in [6, 6.07) is 7.79. The number of fused-ring (bicyclic) bond motifs is 1. The summed E-state index contributed by atoms with van der Waals surface area (Å²) < 4.78 is 13.5. The van der Waals surface area contributed by atoms with Crippen molar-refractivity contribution in [3.63, 3.8) is 0 Å². The molecule has 0 bridgehead atoms. The topological polar surface area (TPSA) is 18.5 Å². The minimum Gasteiger partial charge on any atom is -0.436 e. The van der Waals surface area contributed by atoms with Gasteiger partial charge in [0.15, 0.2) is 0 Å². The summed E-state index contributed by atoms with van der Waals surface area (Å²) in [5.41, 5.74) is -1.21. The highest BCUT2D eigenvalue weighted by molar-refractivity contribution is 9.10. The molecule has 120 valence electrons. The van der Waals surface area contributed by atoms with Crippen LogP contribution in [-0.4, -0.2) is 10.9 Å². The van der Waals surface area contributed by atoms with Gasteiger partial charge in [-0.2, -0.15) is 0 Å². The molecule has 6 heteroatoms. The van der Waals surface area contributed by atoms with Gasteiger partial charge in [0.1, 0.15) is 5.75 Å². The number of hydrogen-bond acceptors (Lipinski definition) is 4. The summed E-state index contributed by atoms with van der Waals surface area (Å²) in [7, 11) is 0. The van der Waals surface area contributed by atoms with Crippen molar-refractivity contribution >= 4 is 44.8 Å². The van der Waals surface area contributed by atoms with Gasteiger partial charge in [-0.05, 0) is 75.1 Å². The van der Waals surface area contributed by atoms with Gasteiger partial charge in [0.05, 0.1) is 5.60 Å². The molecule has 1 saturated carbocycles. The van der Waals surface area contributed by atoms with Gasteiger partial charge < -0.3 is 9.05 Å². The summed E-state index contributed by atoms with van der Waals surface area (Å²) in [4.78, 5) is 0. The third-order valence-corrected chi connectivity index (χ3v) is 10.5. The van der Waals surface area contributed by atoms with E-state index in [1.165, 1.54) is 5.57 Å². The Hall–Kier alpha value is 0.200. The molecule has 2 nitrogen and oxygen atoms in total. The van der Waals surface area contributed by atoms with E-state index in [1.54, 1.807) is 11.4 Å². The van der Waals surface area contributed by atoms with E-state index in [1.807, 2.05) is 24.3 Å². The minimum absolute atomic E-state index is 0.151. The molecule has 22 heavy (non-hydrogen) atoms. The number of hydrogen-bond donors (Lipinski definition) is 0. The van der Waals surface area contributed by atoms with E-state index in [0.29, 0.717) is 11.2 Å². The van der Waals surface area contributed by atoms with E-state index >= 15 is 0 Å². The van der Waals surface area contributed by atoms with Gasteiger partial charge in [-0.25, -0.2) is 0 Å². The monoisotopic (exact) mass is 418 g/mol. The van der Waals surface area contributed by atoms with E-state index < -0.39 is 5.69 Å². The second kappa shape index (κ2) is 6.25. The lowest BCUT2D eigenvalue weighted by atomic mass is 9.77. The fraction of sp³-hybridized carbons (Fsp3) is 0.500. The maximum atomic E-state index is 6.33. The highest BCUT2D eigenvalue weighted by Crippen LogP contribution is 2.74. The molecule has 2 fully saturated rings. The Balaban J connectivity index is 1.76. The molecule has 0 radical (unpaired) electrons. The standard InChI is InChI=1S/C16H20BrO2PS2/c1-11(2)12-8-9-16(3)15(10-12)22-20(21,19-16)18-14-6-4-13(17)5-7-14/h4-7,12,15H,1,8-10H2,2-3H3/t12-,15-,16-,20+/m1/s1. The number of rotatable bonds is 3. The van der Waals surface area contributed by atoms with Gasteiger partial charge in [-0.15, -0.1) is 0 Å². The molecular weight excluding hydrogens is 399 g/mol. The molecule has 0 aromatic heterocycles. The van der Waals surface area contributed by atoms with Crippen LogP contribution < -0.4 is 4.52 Å². The maximum absolute atomic E-state index is 6.33.